The van der Waals surface area contributed by atoms with Crippen LogP contribution >= 0.6 is 0 Å². The van der Waals surface area contributed by atoms with Gasteiger partial charge in [-0.25, -0.2) is 18.6 Å². The molecule has 27 heavy (non-hydrogen) atoms. The van der Waals surface area contributed by atoms with Crippen molar-refractivity contribution >= 4 is 11.8 Å². The zero-order chi connectivity index (χ0) is 19.2. The molecule has 2 heterocycles. The van der Waals surface area contributed by atoms with E-state index in [4.69, 9.17) is 0 Å². The standard InChI is InChI=1S/C20H24F2N4O/c1-25(14-16-6-7-17(21)11-18(16)22)20(27)24-13-15-5-8-19(23-12-15)26-9-3-2-4-10-26/h5-8,11-12H,2-4,9-10,13-14H2,1H3,(H,24,27). The molecular weight excluding hydrogens is 350 g/mol. The van der Waals surface area contributed by atoms with E-state index in [-0.39, 0.29) is 18.1 Å². The number of carbonyl (C=O) groups excluding carboxylic acids is 1. The van der Waals surface area contributed by atoms with Gasteiger partial charge in [0, 0.05) is 51.1 Å². The molecule has 0 aliphatic carbocycles. The lowest BCUT2D eigenvalue weighted by Crippen LogP contribution is -2.36. The first-order valence-corrected chi connectivity index (χ1v) is 9.16. The van der Waals surface area contributed by atoms with Gasteiger partial charge in [0.05, 0.1) is 0 Å². The van der Waals surface area contributed by atoms with Crippen LogP contribution in [0.3, 0.4) is 0 Å². The average Bonchev–Trinajstić information content (AvgIpc) is 2.69. The van der Waals surface area contributed by atoms with Gasteiger partial charge in [-0.1, -0.05) is 12.1 Å². The number of anilines is 1. The average molecular weight is 374 g/mol. The van der Waals surface area contributed by atoms with Crippen LogP contribution in [0.25, 0.3) is 0 Å². The fraction of sp³-hybridized carbons (Fsp3) is 0.400. The number of halogens is 2. The maximum absolute atomic E-state index is 13.7. The molecule has 144 valence electrons. The van der Waals surface area contributed by atoms with E-state index < -0.39 is 11.6 Å². The lowest BCUT2D eigenvalue weighted by molar-refractivity contribution is 0.206. The Morgan fingerprint density at radius 3 is 2.63 bits per heavy atom. The third-order valence-corrected chi connectivity index (χ3v) is 4.70. The number of hydrogen-bond acceptors (Lipinski definition) is 3. The number of piperidine rings is 1. The summed E-state index contributed by atoms with van der Waals surface area (Å²) in [5, 5.41) is 2.79. The van der Waals surface area contributed by atoms with Crippen LogP contribution in [0, 0.1) is 11.6 Å². The van der Waals surface area contributed by atoms with Crippen molar-refractivity contribution in [2.24, 2.45) is 0 Å². The van der Waals surface area contributed by atoms with Crippen molar-refractivity contribution in [2.75, 3.05) is 25.0 Å². The van der Waals surface area contributed by atoms with Crippen molar-refractivity contribution in [1.29, 1.82) is 0 Å². The Bertz CT molecular complexity index is 776. The van der Waals surface area contributed by atoms with Gasteiger partial charge < -0.3 is 15.1 Å². The summed E-state index contributed by atoms with van der Waals surface area (Å²) >= 11 is 0. The van der Waals surface area contributed by atoms with Crippen LogP contribution in [0.4, 0.5) is 19.4 Å². The van der Waals surface area contributed by atoms with Crippen LogP contribution < -0.4 is 10.2 Å². The highest BCUT2D eigenvalue weighted by molar-refractivity contribution is 5.73. The Morgan fingerprint density at radius 1 is 1.19 bits per heavy atom. The zero-order valence-corrected chi connectivity index (χ0v) is 15.4. The largest absolute Gasteiger partial charge is 0.357 e. The van der Waals surface area contributed by atoms with E-state index in [9.17, 15) is 13.6 Å². The first-order valence-electron chi connectivity index (χ1n) is 9.16. The van der Waals surface area contributed by atoms with Gasteiger partial charge >= 0.3 is 6.03 Å². The molecule has 1 aromatic heterocycles. The predicted octanol–water partition coefficient (Wildman–Crippen LogP) is 3.69. The summed E-state index contributed by atoms with van der Waals surface area (Å²) in [6.07, 6.45) is 5.43. The molecule has 0 spiro atoms. The van der Waals surface area contributed by atoms with Gasteiger partial charge in [-0.05, 0) is 37.0 Å². The van der Waals surface area contributed by atoms with Gasteiger partial charge in [-0.15, -0.1) is 0 Å². The van der Waals surface area contributed by atoms with E-state index in [1.165, 1.54) is 36.3 Å². The molecule has 0 unspecified atom stereocenters. The van der Waals surface area contributed by atoms with Gasteiger partial charge in [0.2, 0.25) is 0 Å². The Morgan fingerprint density at radius 2 is 1.96 bits per heavy atom. The van der Waals surface area contributed by atoms with Crippen molar-refractivity contribution in [3.63, 3.8) is 0 Å². The Balaban J connectivity index is 1.50. The van der Waals surface area contributed by atoms with Crippen LogP contribution in [-0.2, 0) is 13.1 Å². The Hall–Kier alpha value is -2.70. The van der Waals surface area contributed by atoms with Crippen LogP contribution in [0.2, 0.25) is 0 Å². The number of amides is 2. The van der Waals surface area contributed by atoms with Crippen LogP contribution in [0.1, 0.15) is 30.4 Å². The molecule has 2 amide bonds. The number of hydrogen-bond donors (Lipinski definition) is 1. The molecule has 1 aliphatic heterocycles. The van der Waals surface area contributed by atoms with Crippen molar-refractivity contribution in [1.82, 2.24) is 15.2 Å². The monoisotopic (exact) mass is 374 g/mol. The number of carbonyl (C=O) groups is 1. The predicted molar refractivity (Wildman–Crippen MR) is 100 cm³/mol. The Labute approximate surface area is 158 Å². The molecule has 0 saturated carbocycles. The second-order valence-corrected chi connectivity index (χ2v) is 6.82. The van der Waals surface area contributed by atoms with Gasteiger partial charge in [0.25, 0.3) is 0 Å². The van der Waals surface area contributed by atoms with Crippen LogP contribution in [-0.4, -0.2) is 36.1 Å². The fourth-order valence-electron chi connectivity index (χ4n) is 3.12. The van der Waals surface area contributed by atoms with Gasteiger partial charge in [0.1, 0.15) is 17.5 Å². The first-order chi connectivity index (χ1) is 13.0. The number of urea groups is 1. The molecular formula is C20H24F2N4O. The van der Waals surface area contributed by atoms with E-state index in [1.54, 1.807) is 13.2 Å². The van der Waals surface area contributed by atoms with Crippen LogP contribution in [0.5, 0.6) is 0 Å². The van der Waals surface area contributed by atoms with Crippen molar-refractivity contribution in [2.45, 2.75) is 32.4 Å². The summed E-state index contributed by atoms with van der Waals surface area (Å²) in [6.45, 7) is 2.47. The van der Waals surface area contributed by atoms with Gasteiger partial charge in [-0.2, -0.15) is 0 Å². The van der Waals surface area contributed by atoms with E-state index in [0.717, 1.165) is 30.5 Å². The molecule has 7 heteroatoms. The number of nitrogens with zero attached hydrogens (tertiary/aromatic N) is 3. The molecule has 0 atom stereocenters. The maximum Gasteiger partial charge on any atom is 0.317 e. The third-order valence-electron chi connectivity index (χ3n) is 4.70. The zero-order valence-electron chi connectivity index (χ0n) is 15.4. The molecule has 1 N–H and O–H groups in total. The summed E-state index contributed by atoms with van der Waals surface area (Å²) in [7, 11) is 1.57. The molecule has 5 nitrogen and oxygen atoms in total. The minimum atomic E-state index is -0.660. The number of pyridine rings is 1. The summed E-state index contributed by atoms with van der Waals surface area (Å²) in [5.41, 5.74) is 1.16. The highest BCUT2D eigenvalue weighted by Gasteiger charge is 2.13. The Kier molecular flexibility index (Phi) is 6.21. The van der Waals surface area contributed by atoms with E-state index in [2.05, 4.69) is 15.2 Å². The van der Waals surface area contributed by atoms with E-state index in [1.807, 2.05) is 12.1 Å². The first kappa shape index (κ1) is 19.1. The molecule has 1 fully saturated rings. The normalized spacial score (nSPS) is 14.1. The second kappa shape index (κ2) is 8.79. The van der Waals surface area contributed by atoms with E-state index in [0.29, 0.717) is 6.54 Å². The summed E-state index contributed by atoms with van der Waals surface area (Å²) in [4.78, 5) is 20.3. The molecule has 0 bridgehead atoms. The minimum absolute atomic E-state index is 0.0596. The smallest absolute Gasteiger partial charge is 0.317 e. The number of benzene rings is 1. The molecule has 1 aromatic carbocycles. The molecule has 1 aliphatic rings. The number of nitrogens with one attached hydrogen (secondary N) is 1. The minimum Gasteiger partial charge on any atom is -0.357 e. The summed E-state index contributed by atoms with van der Waals surface area (Å²) in [5.74, 6) is -0.329. The van der Waals surface area contributed by atoms with Crippen LogP contribution in [0.15, 0.2) is 36.5 Å². The van der Waals surface area contributed by atoms with Crippen molar-refractivity contribution < 1.29 is 13.6 Å². The quantitative estimate of drug-likeness (QED) is 0.868. The SMILES string of the molecule is CN(Cc1ccc(F)cc1F)C(=O)NCc1ccc(N2CCCCC2)nc1. The number of rotatable bonds is 5. The summed E-state index contributed by atoms with van der Waals surface area (Å²) < 4.78 is 26.7. The molecule has 1 saturated heterocycles. The lowest BCUT2D eigenvalue weighted by atomic mass is 10.1. The maximum atomic E-state index is 13.7. The third kappa shape index (κ3) is 5.15. The van der Waals surface area contributed by atoms with Gasteiger partial charge in [-0.3, -0.25) is 0 Å². The topological polar surface area (TPSA) is 48.5 Å². The molecule has 2 aromatic rings. The van der Waals surface area contributed by atoms with Crippen molar-refractivity contribution in [3.05, 3.63) is 59.3 Å². The number of aromatic nitrogens is 1. The van der Waals surface area contributed by atoms with Gasteiger partial charge in [0.15, 0.2) is 0 Å². The fourth-order valence-corrected chi connectivity index (χ4v) is 3.12. The van der Waals surface area contributed by atoms with E-state index >= 15 is 0 Å². The lowest BCUT2D eigenvalue weighted by Gasteiger charge is -2.27. The second-order valence-electron chi connectivity index (χ2n) is 6.82. The molecule has 0 radical (unpaired) electrons. The highest BCUT2D eigenvalue weighted by Crippen LogP contribution is 2.17. The molecule has 3 rings (SSSR count). The highest BCUT2D eigenvalue weighted by atomic mass is 19.1. The summed E-state index contributed by atoms with van der Waals surface area (Å²) in [6, 6.07) is 6.94. The van der Waals surface area contributed by atoms with Crippen molar-refractivity contribution in [3.8, 4) is 0 Å².